The summed E-state index contributed by atoms with van der Waals surface area (Å²) in [6.07, 6.45) is 1.31. The summed E-state index contributed by atoms with van der Waals surface area (Å²) in [6.45, 7) is 0. The molecule has 0 aliphatic rings. The number of anilines is 1. The van der Waals surface area contributed by atoms with Crippen molar-refractivity contribution >= 4 is 11.9 Å². The van der Waals surface area contributed by atoms with Crippen molar-refractivity contribution in [2.75, 3.05) is 19.5 Å². The number of nitrogens with one attached hydrogen (secondary N) is 1. The Hall–Kier alpha value is -1.85. The van der Waals surface area contributed by atoms with Crippen molar-refractivity contribution < 1.29 is 14.6 Å². The minimum atomic E-state index is -1.14. The third kappa shape index (κ3) is 1.84. The Morgan fingerprint density at radius 2 is 2.38 bits per heavy atom. The van der Waals surface area contributed by atoms with Gasteiger partial charge in [-0.15, -0.1) is 0 Å². The number of aromatic nitrogens is 2. The Labute approximate surface area is 74.6 Å². The van der Waals surface area contributed by atoms with Gasteiger partial charge < -0.3 is 15.2 Å². The molecule has 1 rings (SSSR count). The summed E-state index contributed by atoms with van der Waals surface area (Å²) in [6, 6.07) is 0. The number of carboxylic acid groups (broad SMARTS) is 1. The highest BCUT2D eigenvalue weighted by molar-refractivity contribution is 5.88. The van der Waals surface area contributed by atoms with E-state index in [2.05, 4.69) is 15.3 Å². The second-order valence-electron chi connectivity index (χ2n) is 2.17. The summed E-state index contributed by atoms with van der Waals surface area (Å²) in [5.41, 5.74) is -0.151. The fraction of sp³-hybridized carbons (Fsp3) is 0.286. The van der Waals surface area contributed by atoms with Crippen LogP contribution in [0.3, 0.4) is 0 Å². The number of nitrogens with zero attached hydrogens (tertiary/aromatic N) is 2. The molecule has 1 heterocycles. The zero-order chi connectivity index (χ0) is 9.84. The Kier molecular flexibility index (Phi) is 2.63. The second kappa shape index (κ2) is 3.70. The van der Waals surface area contributed by atoms with Crippen molar-refractivity contribution in [3.05, 3.63) is 11.9 Å². The van der Waals surface area contributed by atoms with Crippen molar-refractivity contribution in [1.82, 2.24) is 9.97 Å². The molecule has 13 heavy (non-hydrogen) atoms. The summed E-state index contributed by atoms with van der Waals surface area (Å²) in [4.78, 5) is 18.2. The third-order valence-electron chi connectivity index (χ3n) is 1.40. The summed E-state index contributed by atoms with van der Waals surface area (Å²) in [5, 5.41) is 11.4. The first kappa shape index (κ1) is 9.24. The normalized spacial score (nSPS) is 9.38. The fourth-order valence-electron chi connectivity index (χ4n) is 0.794. The van der Waals surface area contributed by atoms with E-state index in [1.807, 2.05) is 0 Å². The van der Waals surface area contributed by atoms with Gasteiger partial charge in [0.05, 0.1) is 13.3 Å². The van der Waals surface area contributed by atoms with Gasteiger partial charge in [0.2, 0.25) is 5.95 Å². The maximum absolute atomic E-state index is 10.7. The number of methoxy groups -OCH3 is 1. The van der Waals surface area contributed by atoms with Crippen molar-refractivity contribution in [1.29, 1.82) is 0 Å². The van der Waals surface area contributed by atoms with E-state index in [9.17, 15) is 4.79 Å². The van der Waals surface area contributed by atoms with Crippen molar-refractivity contribution in [2.24, 2.45) is 0 Å². The van der Waals surface area contributed by atoms with Crippen molar-refractivity contribution in [2.45, 2.75) is 0 Å². The SMILES string of the molecule is CNc1ncc(OC)c(C(=O)O)n1. The van der Waals surface area contributed by atoms with Crippen LogP contribution in [0.15, 0.2) is 6.20 Å². The smallest absolute Gasteiger partial charge is 0.358 e. The molecular weight excluding hydrogens is 174 g/mol. The van der Waals surface area contributed by atoms with Gasteiger partial charge in [0, 0.05) is 7.05 Å². The molecule has 0 unspecified atom stereocenters. The molecule has 1 aromatic rings. The number of hydrogen-bond acceptors (Lipinski definition) is 5. The highest BCUT2D eigenvalue weighted by Crippen LogP contribution is 2.15. The molecule has 0 aromatic carbocycles. The van der Waals surface area contributed by atoms with Crippen LogP contribution in [-0.4, -0.2) is 35.2 Å². The van der Waals surface area contributed by atoms with Gasteiger partial charge in [-0.3, -0.25) is 0 Å². The molecule has 0 atom stereocenters. The highest BCUT2D eigenvalue weighted by Gasteiger charge is 2.13. The van der Waals surface area contributed by atoms with E-state index < -0.39 is 5.97 Å². The molecule has 2 N–H and O–H groups in total. The molecule has 0 spiro atoms. The Morgan fingerprint density at radius 1 is 1.69 bits per heavy atom. The number of aromatic carboxylic acids is 1. The van der Waals surface area contributed by atoms with Gasteiger partial charge in [0.15, 0.2) is 11.4 Å². The van der Waals surface area contributed by atoms with Gasteiger partial charge in [-0.05, 0) is 0 Å². The summed E-state index contributed by atoms with van der Waals surface area (Å²) in [5.74, 6) is -0.750. The topological polar surface area (TPSA) is 84.3 Å². The number of carboxylic acids is 1. The van der Waals surface area contributed by atoms with Crippen LogP contribution >= 0.6 is 0 Å². The molecule has 0 radical (unpaired) electrons. The first-order chi connectivity index (χ1) is 6.19. The summed E-state index contributed by atoms with van der Waals surface area (Å²) < 4.78 is 4.77. The summed E-state index contributed by atoms with van der Waals surface area (Å²) in [7, 11) is 2.97. The van der Waals surface area contributed by atoms with Gasteiger partial charge in [0.25, 0.3) is 0 Å². The highest BCUT2D eigenvalue weighted by atomic mass is 16.5. The minimum absolute atomic E-state index is 0.145. The average Bonchev–Trinajstić information content (AvgIpc) is 2.16. The molecule has 6 nitrogen and oxygen atoms in total. The van der Waals surface area contributed by atoms with Crippen LogP contribution in [0.5, 0.6) is 5.75 Å². The van der Waals surface area contributed by atoms with Crippen LogP contribution in [0, 0.1) is 0 Å². The van der Waals surface area contributed by atoms with E-state index in [4.69, 9.17) is 9.84 Å². The Balaban J connectivity index is 3.18. The minimum Gasteiger partial charge on any atom is -0.493 e. The fourth-order valence-corrected chi connectivity index (χ4v) is 0.794. The molecule has 0 saturated heterocycles. The Bertz CT molecular complexity index is 327. The molecule has 6 heteroatoms. The molecule has 1 aromatic heterocycles. The number of carbonyl (C=O) groups is 1. The summed E-state index contributed by atoms with van der Waals surface area (Å²) >= 11 is 0. The zero-order valence-corrected chi connectivity index (χ0v) is 7.24. The third-order valence-corrected chi connectivity index (χ3v) is 1.40. The monoisotopic (exact) mass is 183 g/mol. The number of ether oxygens (including phenoxy) is 1. The quantitative estimate of drug-likeness (QED) is 0.697. The first-order valence-corrected chi connectivity index (χ1v) is 3.51. The van der Waals surface area contributed by atoms with E-state index in [1.165, 1.54) is 13.3 Å². The van der Waals surface area contributed by atoms with Crippen LogP contribution in [0.4, 0.5) is 5.95 Å². The predicted molar refractivity (Wildman–Crippen MR) is 45.1 cm³/mol. The van der Waals surface area contributed by atoms with Gasteiger partial charge in [-0.1, -0.05) is 0 Å². The second-order valence-corrected chi connectivity index (χ2v) is 2.17. The van der Waals surface area contributed by atoms with Crippen molar-refractivity contribution in [3.63, 3.8) is 0 Å². The maximum Gasteiger partial charge on any atom is 0.358 e. The van der Waals surface area contributed by atoms with E-state index in [0.717, 1.165) is 0 Å². The largest absolute Gasteiger partial charge is 0.493 e. The zero-order valence-electron chi connectivity index (χ0n) is 7.24. The Morgan fingerprint density at radius 3 is 2.85 bits per heavy atom. The molecule has 0 saturated carbocycles. The lowest BCUT2D eigenvalue weighted by Gasteiger charge is -2.04. The van der Waals surface area contributed by atoms with Gasteiger partial charge in [-0.25, -0.2) is 14.8 Å². The van der Waals surface area contributed by atoms with Crippen LogP contribution in [0.25, 0.3) is 0 Å². The van der Waals surface area contributed by atoms with Crippen molar-refractivity contribution in [3.8, 4) is 5.75 Å². The van der Waals surface area contributed by atoms with E-state index in [1.54, 1.807) is 7.05 Å². The lowest BCUT2D eigenvalue weighted by Crippen LogP contribution is -2.07. The molecule has 0 fully saturated rings. The van der Waals surface area contributed by atoms with Crippen LogP contribution in [-0.2, 0) is 0 Å². The van der Waals surface area contributed by atoms with Crippen LogP contribution < -0.4 is 10.1 Å². The van der Waals surface area contributed by atoms with E-state index in [-0.39, 0.29) is 17.4 Å². The number of rotatable bonds is 3. The standard InChI is InChI=1S/C7H9N3O3/c1-8-7-9-3-4(13-2)5(10-7)6(11)12/h3H,1-2H3,(H,11,12)(H,8,9,10). The molecule has 70 valence electrons. The maximum atomic E-state index is 10.7. The van der Waals surface area contributed by atoms with Crippen LogP contribution in [0.1, 0.15) is 10.5 Å². The molecule has 0 bridgehead atoms. The lowest BCUT2D eigenvalue weighted by atomic mass is 10.4. The number of hydrogen-bond donors (Lipinski definition) is 2. The first-order valence-electron chi connectivity index (χ1n) is 3.51. The average molecular weight is 183 g/mol. The van der Waals surface area contributed by atoms with E-state index >= 15 is 0 Å². The van der Waals surface area contributed by atoms with Gasteiger partial charge in [-0.2, -0.15) is 0 Å². The van der Waals surface area contributed by atoms with Crippen LogP contribution in [0.2, 0.25) is 0 Å². The van der Waals surface area contributed by atoms with E-state index in [0.29, 0.717) is 0 Å². The molecular formula is C7H9N3O3. The lowest BCUT2D eigenvalue weighted by molar-refractivity contribution is 0.0686. The van der Waals surface area contributed by atoms with Gasteiger partial charge >= 0.3 is 5.97 Å². The molecule has 0 aliphatic heterocycles. The molecule has 0 amide bonds. The van der Waals surface area contributed by atoms with Gasteiger partial charge in [0.1, 0.15) is 0 Å². The predicted octanol–water partition coefficient (Wildman–Crippen LogP) is 0.225. The molecule has 0 aliphatic carbocycles.